The smallest absolute Gasteiger partial charge is 0.342 e. The molecule has 0 unspecified atom stereocenters. The molecule has 0 aliphatic rings. The van der Waals surface area contributed by atoms with Gasteiger partial charge in [0.1, 0.15) is 29.3 Å². The maximum absolute atomic E-state index is 12.2. The molecular formula is C19H16Cl2O4. The molecule has 0 amide bonds. The molecule has 0 aliphatic carbocycles. The van der Waals surface area contributed by atoms with Crippen molar-refractivity contribution in [1.82, 2.24) is 0 Å². The van der Waals surface area contributed by atoms with E-state index in [1.54, 1.807) is 44.2 Å². The zero-order valence-corrected chi connectivity index (χ0v) is 15.3. The van der Waals surface area contributed by atoms with Crippen LogP contribution in [0.4, 0.5) is 0 Å². The Hall–Kier alpha value is -2.17. The molecule has 0 aliphatic heterocycles. The molecule has 0 atom stereocenters. The topological polar surface area (TPSA) is 48.7 Å². The first-order valence-corrected chi connectivity index (χ1v) is 8.52. The van der Waals surface area contributed by atoms with Gasteiger partial charge in [-0.15, -0.1) is 0 Å². The zero-order chi connectivity index (χ0) is 18.0. The molecule has 130 valence electrons. The van der Waals surface area contributed by atoms with Gasteiger partial charge in [0.2, 0.25) is 0 Å². The Morgan fingerprint density at radius 2 is 1.92 bits per heavy atom. The molecule has 6 heteroatoms. The summed E-state index contributed by atoms with van der Waals surface area (Å²) in [5, 5.41) is 1.65. The second-order valence-corrected chi connectivity index (χ2v) is 6.26. The van der Waals surface area contributed by atoms with Crippen molar-refractivity contribution in [1.29, 1.82) is 0 Å². The lowest BCUT2D eigenvalue weighted by Crippen LogP contribution is -2.05. The van der Waals surface area contributed by atoms with Crippen molar-refractivity contribution in [3.05, 3.63) is 63.3 Å². The van der Waals surface area contributed by atoms with Crippen molar-refractivity contribution >= 4 is 40.1 Å². The van der Waals surface area contributed by atoms with Gasteiger partial charge in [0.25, 0.3) is 0 Å². The second-order valence-electron chi connectivity index (χ2n) is 5.45. The van der Waals surface area contributed by atoms with E-state index >= 15 is 0 Å². The van der Waals surface area contributed by atoms with E-state index in [1.165, 1.54) is 0 Å². The first-order valence-electron chi connectivity index (χ1n) is 7.76. The van der Waals surface area contributed by atoms with Crippen molar-refractivity contribution < 1.29 is 18.7 Å². The Bertz CT molecular complexity index is 931. The van der Waals surface area contributed by atoms with Gasteiger partial charge in [-0.2, -0.15) is 0 Å². The minimum atomic E-state index is -0.402. The molecule has 2 aromatic carbocycles. The number of ether oxygens (including phenoxy) is 2. The Morgan fingerprint density at radius 3 is 2.64 bits per heavy atom. The Morgan fingerprint density at radius 1 is 1.12 bits per heavy atom. The van der Waals surface area contributed by atoms with Crippen LogP contribution in [0, 0.1) is 6.92 Å². The van der Waals surface area contributed by atoms with Gasteiger partial charge in [0.05, 0.1) is 16.7 Å². The molecule has 0 saturated carbocycles. The third-order valence-electron chi connectivity index (χ3n) is 3.70. The molecule has 1 aromatic heterocycles. The number of rotatable bonds is 5. The van der Waals surface area contributed by atoms with E-state index in [-0.39, 0.29) is 0 Å². The molecule has 1 heterocycles. The molecule has 0 spiro atoms. The predicted octanol–water partition coefficient (Wildman–Crippen LogP) is 5.80. The summed E-state index contributed by atoms with van der Waals surface area (Å²) in [6.45, 7) is 4.14. The van der Waals surface area contributed by atoms with E-state index in [0.29, 0.717) is 51.3 Å². The molecule has 0 saturated heterocycles. The van der Waals surface area contributed by atoms with Gasteiger partial charge in [-0.25, -0.2) is 4.79 Å². The Kier molecular flexibility index (Phi) is 5.21. The zero-order valence-electron chi connectivity index (χ0n) is 13.8. The molecule has 25 heavy (non-hydrogen) atoms. The van der Waals surface area contributed by atoms with E-state index in [1.807, 2.05) is 6.07 Å². The van der Waals surface area contributed by atoms with Crippen LogP contribution in [0.1, 0.15) is 28.6 Å². The van der Waals surface area contributed by atoms with Crippen molar-refractivity contribution in [2.75, 3.05) is 6.61 Å². The van der Waals surface area contributed by atoms with E-state index in [0.717, 1.165) is 5.56 Å². The van der Waals surface area contributed by atoms with Crippen LogP contribution in [0.15, 0.2) is 40.8 Å². The minimum absolute atomic E-state index is 0.304. The third kappa shape index (κ3) is 3.75. The lowest BCUT2D eigenvalue weighted by molar-refractivity contribution is 0.0526. The minimum Gasteiger partial charge on any atom is -0.489 e. The summed E-state index contributed by atoms with van der Waals surface area (Å²) >= 11 is 11.9. The Balaban J connectivity index is 1.86. The predicted molar refractivity (Wildman–Crippen MR) is 97.7 cm³/mol. The highest BCUT2D eigenvalue weighted by atomic mass is 35.5. The summed E-state index contributed by atoms with van der Waals surface area (Å²) in [5.41, 5.74) is 1.93. The van der Waals surface area contributed by atoms with Gasteiger partial charge in [-0.1, -0.05) is 29.3 Å². The third-order valence-corrected chi connectivity index (χ3v) is 4.44. The first-order chi connectivity index (χ1) is 12.0. The average Bonchev–Trinajstić information content (AvgIpc) is 2.91. The van der Waals surface area contributed by atoms with Gasteiger partial charge in [0.15, 0.2) is 0 Å². The summed E-state index contributed by atoms with van der Waals surface area (Å²) in [6.07, 6.45) is 0. The van der Waals surface area contributed by atoms with Gasteiger partial charge < -0.3 is 13.9 Å². The summed E-state index contributed by atoms with van der Waals surface area (Å²) < 4.78 is 16.5. The lowest BCUT2D eigenvalue weighted by atomic mass is 10.1. The highest BCUT2D eigenvalue weighted by molar-refractivity contribution is 6.42. The number of aryl methyl sites for hydroxylation is 1. The fourth-order valence-electron chi connectivity index (χ4n) is 2.54. The number of hydrogen-bond acceptors (Lipinski definition) is 4. The van der Waals surface area contributed by atoms with Crippen molar-refractivity contribution in [2.24, 2.45) is 0 Å². The molecule has 0 bridgehead atoms. The van der Waals surface area contributed by atoms with E-state index in [4.69, 9.17) is 37.1 Å². The van der Waals surface area contributed by atoms with Crippen LogP contribution in [0.2, 0.25) is 10.0 Å². The molecular weight excluding hydrogens is 363 g/mol. The summed E-state index contributed by atoms with van der Waals surface area (Å²) in [5.74, 6) is 0.736. The Labute approximate surface area is 155 Å². The van der Waals surface area contributed by atoms with E-state index in [2.05, 4.69) is 0 Å². The number of hydrogen-bond donors (Lipinski definition) is 0. The van der Waals surface area contributed by atoms with Crippen molar-refractivity contribution in [3.8, 4) is 5.75 Å². The monoisotopic (exact) mass is 378 g/mol. The van der Waals surface area contributed by atoms with Crippen LogP contribution in [0.25, 0.3) is 11.0 Å². The van der Waals surface area contributed by atoms with Crippen molar-refractivity contribution in [2.45, 2.75) is 20.5 Å². The normalized spacial score (nSPS) is 10.9. The number of carbonyl (C=O) groups is 1. The maximum atomic E-state index is 12.2. The van der Waals surface area contributed by atoms with Crippen LogP contribution in [0.5, 0.6) is 5.75 Å². The van der Waals surface area contributed by atoms with Gasteiger partial charge in [0, 0.05) is 5.39 Å². The summed E-state index contributed by atoms with van der Waals surface area (Å²) in [4.78, 5) is 12.2. The van der Waals surface area contributed by atoms with Crippen LogP contribution in [-0.2, 0) is 11.3 Å². The van der Waals surface area contributed by atoms with Crippen LogP contribution in [0.3, 0.4) is 0 Å². The highest BCUT2D eigenvalue weighted by Gasteiger charge is 2.19. The largest absolute Gasteiger partial charge is 0.489 e. The van der Waals surface area contributed by atoms with Gasteiger partial charge in [-0.05, 0) is 49.7 Å². The quantitative estimate of drug-likeness (QED) is 0.526. The molecule has 0 radical (unpaired) electrons. The maximum Gasteiger partial charge on any atom is 0.342 e. The fourth-order valence-corrected chi connectivity index (χ4v) is 2.86. The molecule has 4 nitrogen and oxygen atoms in total. The van der Waals surface area contributed by atoms with E-state index in [9.17, 15) is 4.79 Å². The molecule has 3 aromatic rings. The number of fused-ring (bicyclic) bond motifs is 1. The first kappa shape index (κ1) is 17.6. The number of esters is 1. The van der Waals surface area contributed by atoms with Crippen LogP contribution >= 0.6 is 23.2 Å². The van der Waals surface area contributed by atoms with E-state index < -0.39 is 5.97 Å². The van der Waals surface area contributed by atoms with Crippen LogP contribution in [-0.4, -0.2) is 12.6 Å². The average molecular weight is 379 g/mol. The van der Waals surface area contributed by atoms with Gasteiger partial charge >= 0.3 is 5.97 Å². The SMILES string of the molecule is CCOC(=O)c1c(C)oc2ccc(OCc3ccc(Cl)c(Cl)c3)cc12. The van der Waals surface area contributed by atoms with Crippen molar-refractivity contribution in [3.63, 3.8) is 0 Å². The highest BCUT2D eigenvalue weighted by Crippen LogP contribution is 2.30. The summed E-state index contributed by atoms with van der Waals surface area (Å²) in [6, 6.07) is 10.7. The van der Waals surface area contributed by atoms with Gasteiger partial charge in [-0.3, -0.25) is 0 Å². The number of carbonyl (C=O) groups excluding carboxylic acids is 1. The second kappa shape index (κ2) is 7.38. The molecule has 0 N–H and O–H groups in total. The molecule has 3 rings (SSSR count). The number of benzene rings is 2. The fraction of sp³-hybridized carbons (Fsp3) is 0.211. The van der Waals surface area contributed by atoms with Crippen LogP contribution < -0.4 is 4.74 Å². The lowest BCUT2D eigenvalue weighted by Gasteiger charge is -2.07. The molecule has 0 fully saturated rings. The number of halogens is 2. The summed E-state index contributed by atoms with van der Waals surface area (Å²) in [7, 11) is 0. The number of furan rings is 1. The standard InChI is InChI=1S/C19H16Cl2O4/c1-3-23-19(22)18-11(2)25-17-7-5-13(9-14(17)18)24-10-12-4-6-15(20)16(21)8-12/h4-9H,3,10H2,1-2H3.